The molecule has 1 aromatic rings. The fraction of sp³-hybridized carbons (Fsp3) is 0.636. The highest BCUT2D eigenvalue weighted by Gasteiger charge is 2.22. The molecule has 3 N–H and O–H groups in total. The van der Waals surface area contributed by atoms with Gasteiger partial charge in [0.25, 0.3) is 5.91 Å². The lowest BCUT2D eigenvalue weighted by Gasteiger charge is -2.13. The van der Waals surface area contributed by atoms with Crippen LogP contribution in [0.4, 0.5) is 10.1 Å². The van der Waals surface area contributed by atoms with Gasteiger partial charge in [0.05, 0.1) is 18.4 Å². The second-order valence-electron chi connectivity index (χ2n) is 4.32. The quantitative estimate of drug-likeness (QED) is 0.828. The van der Waals surface area contributed by atoms with Gasteiger partial charge in [-0.05, 0) is 12.8 Å². The van der Waals surface area contributed by atoms with E-state index in [2.05, 4.69) is 10.4 Å². The van der Waals surface area contributed by atoms with Crippen molar-refractivity contribution in [2.45, 2.75) is 38.3 Å². The van der Waals surface area contributed by atoms with Crippen molar-refractivity contribution in [3.8, 4) is 0 Å². The number of alkyl halides is 1. The van der Waals surface area contributed by atoms with Crippen LogP contribution < -0.4 is 11.1 Å². The zero-order valence-electron chi connectivity index (χ0n) is 9.66. The highest BCUT2D eigenvalue weighted by molar-refractivity contribution is 5.97. The van der Waals surface area contributed by atoms with E-state index in [1.54, 1.807) is 0 Å². The van der Waals surface area contributed by atoms with Crippen molar-refractivity contribution in [1.82, 2.24) is 15.1 Å². The normalized spacial score (nSPS) is 16.3. The highest BCUT2D eigenvalue weighted by atomic mass is 19.1. The van der Waals surface area contributed by atoms with Crippen LogP contribution in [-0.4, -0.2) is 28.4 Å². The van der Waals surface area contributed by atoms with Gasteiger partial charge in [0.15, 0.2) is 0 Å². The van der Waals surface area contributed by atoms with Crippen LogP contribution in [0.25, 0.3) is 0 Å². The van der Waals surface area contributed by atoms with Gasteiger partial charge in [0.1, 0.15) is 12.4 Å². The van der Waals surface area contributed by atoms with Gasteiger partial charge >= 0.3 is 0 Å². The molecule has 1 aromatic heterocycles. The third-order valence-corrected chi connectivity index (χ3v) is 3.07. The summed E-state index contributed by atoms with van der Waals surface area (Å²) in [5.74, 6) is -0.250. The molecule has 1 aliphatic carbocycles. The van der Waals surface area contributed by atoms with E-state index in [1.165, 1.54) is 10.9 Å². The van der Waals surface area contributed by atoms with E-state index < -0.39 is 6.67 Å². The Kier molecular flexibility index (Phi) is 3.61. The SMILES string of the molecule is Nc1cnn(CCF)c1C(=O)NC1CCCC1. The molecule has 1 saturated carbocycles. The molecule has 17 heavy (non-hydrogen) atoms. The molecule has 2 rings (SSSR count). The molecule has 0 aromatic carbocycles. The summed E-state index contributed by atoms with van der Waals surface area (Å²) in [5.41, 5.74) is 6.25. The van der Waals surface area contributed by atoms with E-state index in [4.69, 9.17) is 5.73 Å². The van der Waals surface area contributed by atoms with Gasteiger partial charge in [0.2, 0.25) is 0 Å². The molecule has 0 saturated heterocycles. The molecular formula is C11H17FN4O. The van der Waals surface area contributed by atoms with Gasteiger partial charge < -0.3 is 11.1 Å². The Morgan fingerprint density at radius 1 is 1.59 bits per heavy atom. The molecule has 0 atom stereocenters. The molecule has 1 amide bonds. The number of carbonyl (C=O) groups is 1. The Balaban J connectivity index is 2.09. The molecule has 0 radical (unpaired) electrons. The molecule has 0 bridgehead atoms. The first-order chi connectivity index (χ1) is 8.22. The number of anilines is 1. The summed E-state index contributed by atoms with van der Waals surface area (Å²) in [4.78, 5) is 12.0. The molecule has 5 nitrogen and oxygen atoms in total. The molecule has 0 aliphatic heterocycles. The van der Waals surface area contributed by atoms with Gasteiger partial charge in [-0.25, -0.2) is 4.39 Å². The van der Waals surface area contributed by atoms with Crippen molar-refractivity contribution in [3.05, 3.63) is 11.9 Å². The molecule has 1 aliphatic rings. The predicted octanol–water partition coefficient (Wildman–Crippen LogP) is 1.11. The molecule has 6 heteroatoms. The third-order valence-electron chi connectivity index (χ3n) is 3.07. The zero-order valence-corrected chi connectivity index (χ0v) is 9.66. The standard InChI is InChI=1S/C11H17FN4O/c12-5-6-16-10(9(13)7-14-16)11(17)15-8-3-1-2-4-8/h7-8H,1-6,13H2,(H,15,17). The maximum absolute atomic E-state index is 12.3. The lowest BCUT2D eigenvalue weighted by atomic mass is 10.2. The second-order valence-corrected chi connectivity index (χ2v) is 4.32. The summed E-state index contributed by atoms with van der Waals surface area (Å²) in [6.45, 7) is -0.505. The number of nitrogens with one attached hydrogen (secondary N) is 1. The summed E-state index contributed by atoms with van der Waals surface area (Å²) >= 11 is 0. The number of hydrogen-bond donors (Lipinski definition) is 2. The summed E-state index contributed by atoms with van der Waals surface area (Å²) in [6.07, 6.45) is 5.68. The van der Waals surface area contributed by atoms with Crippen LogP contribution in [0.15, 0.2) is 6.20 Å². The molecule has 0 unspecified atom stereocenters. The van der Waals surface area contributed by atoms with E-state index >= 15 is 0 Å². The lowest BCUT2D eigenvalue weighted by molar-refractivity contribution is 0.0927. The molecule has 1 heterocycles. The minimum absolute atomic E-state index is 0.0601. The largest absolute Gasteiger partial charge is 0.396 e. The lowest BCUT2D eigenvalue weighted by Crippen LogP contribution is -2.34. The van der Waals surface area contributed by atoms with Gasteiger partial charge in [-0.1, -0.05) is 12.8 Å². The van der Waals surface area contributed by atoms with E-state index in [0.717, 1.165) is 25.7 Å². The minimum Gasteiger partial charge on any atom is -0.396 e. The maximum Gasteiger partial charge on any atom is 0.271 e. The Labute approximate surface area is 99.2 Å². The Morgan fingerprint density at radius 3 is 2.94 bits per heavy atom. The number of aromatic nitrogens is 2. The van der Waals surface area contributed by atoms with Crippen LogP contribution in [0.1, 0.15) is 36.2 Å². The third kappa shape index (κ3) is 2.57. The Bertz CT molecular complexity index is 398. The second kappa shape index (κ2) is 5.16. The molecule has 1 fully saturated rings. The van der Waals surface area contributed by atoms with Gasteiger partial charge in [-0.15, -0.1) is 0 Å². The number of aryl methyl sites for hydroxylation is 1. The van der Waals surface area contributed by atoms with Crippen molar-refractivity contribution in [1.29, 1.82) is 0 Å². The van der Waals surface area contributed by atoms with Crippen LogP contribution in [-0.2, 0) is 6.54 Å². The summed E-state index contributed by atoms with van der Waals surface area (Å²) in [6, 6.07) is 0.218. The fourth-order valence-electron chi connectivity index (χ4n) is 2.22. The minimum atomic E-state index is -0.565. The van der Waals surface area contributed by atoms with Crippen molar-refractivity contribution in [2.24, 2.45) is 0 Å². The topological polar surface area (TPSA) is 72.9 Å². The fourth-order valence-corrected chi connectivity index (χ4v) is 2.22. The van der Waals surface area contributed by atoms with Gasteiger partial charge in [0, 0.05) is 6.04 Å². The average molecular weight is 240 g/mol. The van der Waals surface area contributed by atoms with E-state index in [0.29, 0.717) is 5.69 Å². The van der Waals surface area contributed by atoms with Crippen LogP contribution in [0.5, 0.6) is 0 Å². The number of nitrogens with zero attached hydrogens (tertiary/aromatic N) is 2. The molecular weight excluding hydrogens is 223 g/mol. The van der Waals surface area contributed by atoms with Crippen molar-refractivity contribution in [3.63, 3.8) is 0 Å². The number of amides is 1. The first kappa shape index (κ1) is 11.9. The smallest absolute Gasteiger partial charge is 0.271 e. The van der Waals surface area contributed by atoms with E-state index in [9.17, 15) is 9.18 Å². The van der Waals surface area contributed by atoms with Crippen LogP contribution in [0, 0.1) is 0 Å². The van der Waals surface area contributed by atoms with E-state index in [1.807, 2.05) is 0 Å². The first-order valence-electron chi connectivity index (χ1n) is 5.90. The Hall–Kier alpha value is -1.59. The number of carbonyl (C=O) groups excluding carboxylic acids is 1. The number of halogens is 1. The predicted molar refractivity (Wildman–Crippen MR) is 62.3 cm³/mol. The zero-order chi connectivity index (χ0) is 12.3. The average Bonchev–Trinajstić information content (AvgIpc) is 2.89. The molecule has 0 spiro atoms. The maximum atomic E-state index is 12.3. The van der Waals surface area contributed by atoms with Gasteiger partial charge in [-0.3, -0.25) is 9.48 Å². The monoisotopic (exact) mass is 240 g/mol. The van der Waals surface area contributed by atoms with Gasteiger partial charge in [-0.2, -0.15) is 5.10 Å². The number of nitrogen functional groups attached to an aromatic ring is 1. The number of nitrogens with two attached hydrogens (primary N) is 1. The summed E-state index contributed by atoms with van der Waals surface area (Å²) in [5, 5.41) is 6.81. The van der Waals surface area contributed by atoms with Crippen LogP contribution in [0.3, 0.4) is 0 Å². The summed E-state index contributed by atoms with van der Waals surface area (Å²) < 4.78 is 13.6. The number of hydrogen-bond acceptors (Lipinski definition) is 3. The number of rotatable bonds is 4. The van der Waals surface area contributed by atoms with Crippen molar-refractivity contribution >= 4 is 11.6 Å². The van der Waals surface area contributed by atoms with Crippen LogP contribution in [0.2, 0.25) is 0 Å². The van der Waals surface area contributed by atoms with Crippen molar-refractivity contribution in [2.75, 3.05) is 12.4 Å². The first-order valence-corrected chi connectivity index (χ1v) is 5.90. The van der Waals surface area contributed by atoms with Crippen molar-refractivity contribution < 1.29 is 9.18 Å². The van der Waals surface area contributed by atoms with E-state index in [-0.39, 0.29) is 24.2 Å². The molecule has 94 valence electrons. The summed E-state index contributed by atoms with van der Waals surface area (Å²) in [7, 11) is 0. The van der Waals surface area contributed by atoms with Crippen LogP contribution >= 0.6 is 0 Å². The Morgan fingerprint density at radius 2 is 2.29 bits per heavy atom. The highest BCUT2D eigenvalue weighted by Crippen LogP contribution is 2.19.